The highest BCUT2D eigenvalue weighted by Gasteiger charge is 2.03. The number of ether oxygens (including phenoxy) is 1. The third-order valence-corrected chi connectivity index (χ3v) is 2.70. The molecule has 0 bridgehead atoms. The molecule has 0 saturated carbocycles. The lowest BCUT2D eigenvalue weighted by molar-refractivity contribution is 0.111. The van der Waals surface area contributed by atoms with E-state index in [-0.39, 0.29) is 11.4 Å². The molecule has 0 saturated heterocycles. The van der Waals surface area contributed by atoms with Crippen LogP contribution in [0.5, 0.6) is 5.75 Å². The first-order chi connectivity index (χ1) is 9.75. The SMILES string of the molecule is C=Cc1ccc(COc2cc(C=O)nc(C=O)c2)cc1. The molecular weight excluding hydrogens is 254 g/mol. The van der Waals surface area contributed by atoms with E-state index >= 15 is 0 Å². The normalized spacial score (nSPS) is 9.80. The van der Waals surface area contributed by atoms with Gasteiger partial charge in [0.15, 0.2) is 12.6 Å². The zero-order valence-corrected chi connectivity index (χ0v) is 10.8. The van der Waals surface area contributed by atoms with Gasteiger partial charge in [0.2, 0.25) is 0 Å². The Hall–Kier alpha value is -2.75. The number of hydrogen-bond acceptors (Lipinski definition) is 4. The Kier molecular flexibility index (Phi) is 4.39. The Morgan fingerprint density at radius 3 is 2.15 bits per heavy atom. The third kappa shape index (κ3) is 3.38. The average molecular weight is 267 g/mol. The highest BCUT2D eigenvalue weighted by Crippen LogP contribution is 2.15. The topological polar surface area (TPSA) is 56.3 Å². The molecule has 0 aliphatic carbocycles. The maximum Gasteiger partial charge on any atom is 0.168 e. The molecule has 1 aromatic heterocycles. The number of aromatic nitrogens is 1. The van der Waals surface area contributed by atoms with Gasteiger partial charge in [-0.1, -0.05) is 36.9 Å². The van der Waals surface area contributed by atoms with Gasteiger partial charge >= 0.3 is 0 Å². The lowest BCUT2D eigenvalue weighted by Crippen LogP contribution is -1.99. The lowest BCUT2D eigenvalue weighted by atomic mass is 10.1. The van der Waals surface area contributed by atoms with E-state index in [0.717, 1.165) is 11.1 Å². The molecule has 0 fully saturated rings. The minimum absolute atomic E-state index is 0.173. The van der Waals surface area contributed by atoms with E-state index in [2.05, 4.69) is 11.6 Å². The van der Waals surface area contributed by atoms with Crippen molar-refractivity contribution in [1.82, 2.24) is 4.98 Å². The molecule has 4 heteroatoms. The lowest BCUT2D eigenvalue weighted by Gasteiger charge is -2.07. The van der Waals surface area contributed by atoms with Gasteiger partial charge in [-0.25, -0.2) is 4.98 Å². The standard InChI is InChI=1S/C16H13NO3/c1-2-12-3-5-13(6-4-12)11-20-16-7-14(9-18)17-15(8-16)10-19/h2-10H,1,11H2. The molecule has 20 heavy (non-hydrogen) atoms. The minimum Gasteiger partial charge on any atom is -0.489 e. The number of benzene rings is 1. The van der Waals surface area contributed by atoms with Crippen molar-refractivity contribution in [3.05, 3.63) is 65.5 Å². The highest BCUT2D eigenvalue weighted by atomic mass is 16.5. The third-order valence-electron chi connectivity index (χ3n) is 2.70. The van der Waals surface area contributed by atoms with Crippen molar-refractivity contribution in [1.29, 1.82) is 0 Å². The predicted octanol–water partition coefficient (Wildman–Crippen LogP) is 2.93. The molecule has 2 rings (SSSR count). The summed E-state index contributed by atoms with van der Waals surface area (Å²) in [6.45, 7) is 4.03. The Balaban J connectivity index is 2.11. The van der Waals surface area contributed by atoms with Crippen LogP contribution < -0.4 is 4.74 Å². The number of pyridine rings is 1. The van der Waals surface area contributed by atoms with Crippen LogP contribution in [0.2, 0.25) is 0 Å². The first-order valence-corrected chi connectivity index (χ1v) is 6.02. The summed E-state index contributed by atoms with van der Waals surface area (Å²) in [5, 5.41) is 0. The van der Waals surface area contributed by atoms with E-state index in [1.807, 2.05) is 24.3 Å². The zero-order chi connectivity index (χ0) is 14.4. The van der Waals surface area contributed by atoms with Crippen molar-refractivity contribution in [2.45, 2.75) is 6.61 Å². The van der Waals surface area contributed by atoms with Crippen molar-refractivity contribution in [3.63, 3.8) is 0 Å². The largest absolute Gasteiger partial charge is 0.489 e. The smallest absolute Gasteiger partial charge is 0.168 e. The molecule has 0 unspecified atom stereocenters. The molecule has 0 N–H and O–H groups in total. The predicted molar refractivity (Wildman–Crippen MR) is 75.9 cm³/mol. The van der Waals surface area contributed by atoms with E-state index in [1.54, 1.807) is 6.08 Å². The molecule has 0 atom stereocenters. The molecule has 0 radical (unpaired) electrons. The second-order valence-electron chi connectivity index (χ2n) is 4.12. The second-order valence-corrected chi connectivity index (χ2v) is 4.12. The summed E-state index contributed by atoms with van der Waals surface area (Å²) in [5.74, 6) is 0.442. The summed E-state index contributed by atoms with van der Waals surface area (Å²) in [4.78, 5) is 25.3. The maximum absolute atomic E-state index is 10.7. The zero-order valence-electron chi connectivity index (χ0n) is 10.8. The minimum atomic E-state index is 0.173. The first kappa shape index (κ1) is 13.7. The molecule has 4 nitrogen and oxygen atoms in total. The van der Waals surface area contributed by atoms with Crippen LogP contribution in [0.4, 0.5) is 0 Å². The average Bonchev–Trinajstić information content (AvgIpc) is 2.53. The van der Waals surface area contributed by atoms with E-state index in [9.17, 15) is 9.59 Å². The summed E-state index contributed by atoms with van der Waals surface area (Å²) in [5.41, 5.74) is 2.36. The van der Waals surface area contributed by atoms with Crippen LogP contribution in [-0.2, 0) is 6.61 Å². The molecule has 1 heterocycles. The van der Waals surface area contributed by atoms with E-state index in [0.29, 0.717) is 24.9 Å². The van der Waals surface area contributed by atoms with Crippen molar-refractivity contribution in [2.24, 2.45) is 0 Å². The Morgan fingerprint density at radius 1 is 1.05 bits per heavy atom. The van der Waals surface area contributed by atoms with Crippen LogP contribution in [0.1, 0.15) is 32.1 Å². The summed E-state index contributed by atoms with van der Waals surface area (Å²) in [6.07, 6.45) is 2.93. The van der Waals surface area contributed by atoms with Gasteiger partial charge in [-0.3, -0.25) is 9.59 Å². The summed E-state index contributed by atoms with van der Waals surface area (Å²) in [6, 6.07) is 10.7. The van der Waals surface area contributed by atoms with Gasteiger partial charge in [-0.15, -0.1) is 0 Å². The number of carbonyl (C=O) groups excluding carboxylic acids is 2. The fourth-order valence-electron chi connectivity index (χ4n) is 1.67. The number of hydrogen-bond donors (Lipinski definition) is 0. The summed E-state index contributed by atoms with van der Waals surface area (Å²) in [7, 11) is 0. The van der Waals surface area contributed by atoms with E-state index in [1.165, 1.54) is 12.1 Å². The van der Waals surface area contributed by atoms with Crippen LogP contribution in [-0.4, -0.2) is 17.6 Å². The van der Waals surface area contributed by atoms with E-state index < -0.39 is 0 Å². The quantitative estimate of drug-likeness (QED) is 0.755. The highest BCUT2D eigenvalue weighted by molar-refractivity contribution is 5.78. The van der Waals surface area contributed by atoms with Gasteiger partial charge in [-0.2, -0.15) is 0 Å². The molecule has 0 aliphatic rings. The first-order valence-electron chi connectivity index (χ1n) is 6.02. The van der Waals surface area contributed by atoms with Gasteiger partial charge in [0.05, 0.1) is 0 Å². The van der Waals surface area contributed by atoms with Crippen LogP contribution in [0.25, 0.3) is 6.08 Å². The second kappa shape index (κ2) is 6.43. The number of carbonyl (C=O) groups is 2. The monoisotopic (exact) mass is 267 g/mol. The number of nitrogens with zero attached hydrogens (tertiary/aromatic N) is 1. The molecular formula is C16H13NO3. The number of rotatable bonds is 6. The Morgan fingerprint density at radius 2 is 1.65 bits per heavy atom. The van der Waals surface area contributed by atoms with Crippen molar-refractivity contribution in [2.75, 3.05) is 0 Å². The fraction of sp³-hybridized carbons (Fsp3) is 0.0625. The van der Waals surface area contributed by atoms with E-state index in [4.69, 9.17) is 4.74 Å². The Bertz CT molecular complexity index is 606. The van der Waals surface area contributed by atoms with Gasteiger partial charge in [-0.05, 0) is 11.1 Å². The fourth-order valence-corrected chi connectivity index (χ4v) is 1.67. The van der Waals surface area contributed by atoms with Crippen molar-refractivity contribution in [3.8, 4) is 5.75 Å². The Labute approximate surface area is 116 Å². The van der Waals surface area contributed by atoms with Gasteiger partial charge in [0.1, 0.15) is 23.7 Å². The molecule has 0 spiro atoms. The summed E-state index contributed by atoms with van der Waals surface area (Å²) < 4.78 is 5.57. The maximum atomic E-state index is 10.7. The van der Waals surface area contributed by atoms with Gasteiger partial charge < -0.3 is 4.74 Å². The van der Waals surface area contributed by atoms with Crippen LogP contribution in [0.3, 0.4) is 0 Å². The van der Waals surface area contributed by atoms with Gasteiger partial charge in [0, 0.05) is 12.1 Å². The summed E-state index contributed by atoms with van der Waals surface area (Å²) >= 11 is 0. The van der Waals surface area contributed by atoms with Gasteiger partial charge in [0.25, 0.3) is 0 Å². The molecule has 1 aromatic carbocycles. The molecule has 0 aliphatic heterocycles. The van der Waals surface area contributed by atoms with Crippen LogP contribution in [0.15, 0.2) is 43.0 Å². The van der Waals surface area contributed by atoms with Crippen LogP contribution >= 0.6 is 0 Å². The van der Waals surface area contributed by atoms with Crippen LogP contribution in [0, 0.1) is 0 Å². The number of aldehydes is 2. The molecule has 2 aromatic rings. The van der Waals surface area contributed by atoms with Crippen molar-refractivity contribution < 1.29 is 14.3 Å². The molecule has 0 amide bonds. The van der Waals surface area contributed by atoms with Crippen molar-refractivity contribution >= 4 is 18.6 Å². The molecule has 100 valence electrons.